The van der Waals surface area contributed by atoms with Gasteiger partial charge in [-0.1, -0.05) is 20.3 Å². The lowest BCUT2D eigenvalue weighted by Crippen LogP contribution is -2.40. The van der Waals surface area contributed by atoms with Crippen LogP contribution in [-0.4, -0.2) is 27.1 Å². The normalized spacial score (nSPS) is 13.8. The summed E-state index contributed by atoms with van der Waals surface area (Å²) in [5.41, 5.74) is 7.66. The lowest BCUT2D eigenvalue weighted by molar-refractivity contribution is -0.118. The Hall–Kier alpha value is -2.21. The number of amides is 1. The molecule has 2 heterocycles. The first-order valence-electron chi connectivity index (χ1n) is 6.64. The van der Waals surface area contributed by atoms with Gasteiger partial charge in [-0.3, -0.25) is 14.9 Å². The van der Waals surface area contributed by atoms with Crippen molar-refractivity contribution >= 4 is 11.7 Å². The number of aromatic nitrogens is 3. The van der Waals surface area contributed by atoms with Gasteiger partial charge in [0.05, 0.1) is 11.7 Å². The van der Waals surface area contributed by atoms with Gasteiger partial charge in [0.25, 0.3) is 0 Å². The number of hydrogen-bond donors (Lipinski definition) is 3. The summed E-state index contributed by atoms with van der Waals surface area (Å²) in [5, 5.41) is 9.67. The molecule has 20 heavy (non-hydrogen) atoms. The summed E-state index contributed by atoms with van der Waals surface area (Å²) < 4.78 is 0. The molecular weight excluding hydrogens is 254 g/mol. The molecule has 0 aliphatic carbocycles. The Kier molecular flexibility index (Phi) is 4.47. The fourth-order valence-corrected chi connectivity index (χ4v) is 1.79. The molecule has 6 nitrogen and oxygen atoms in total. The molecule has 2 aromatic rings. The minimum Gasteiger partial charge on any atom is -0.320 e. The van der Waals surface area contributed by atoms with Gasteiger partial charge in [0, 0.05) is 24.0 Å². The summed E-state index contributed by atoms with van der Waals surface area (Å²) in [7, 11) is 0. The molecule has 106 valence electrons. The standard InChI is InChI=1S/C14H19N5O/c1-3-9(2)13(15)14(20)17-12-8-11(18-19-12)10-4-6-16-7-5-10/h4-9,13H,3,15H2,1-2H3,(H2,17,18,19,20). The number of carbonyl (C=O) groups is 1. The van der Waals surface area contributed by atoms with Crippen LogP contribution in [0.25, 0.3) is 11.3 Å². The van der Waals surface area contributed by atoms with Gasteiger partial charge in [0.15, 0.2) is 5.82 Å². The minimum atomic E-state index is -0.527. The summed E-state index contributed by atoms with van der Waals surface area (Å²) in [6.45, 7) is 3.96. The van der Waals surface area contributed by atoms with Crippen LogP contribution < -0.4 is 11.1 Å². The molecule has 0 aliphatic rings. The van der Waals surface area contributed by atoms with E-state index in [0.717, 1.165) is 17.7 Å². The van der Waals surface area contributed by atoms with Crippen LogP contribution >= 0.6 is 0 Å². The Morgan fingerprint density at radius 1 is 1.45 bits per heavy atom. The van der Waals surface area contributed by atoms with Crippen LogP contribution in [-0.2, 0) is 4.79 Å². The zero-order chi connectivity index (χ0) is 14.5. The van der Waals surface area contributed by atoms with Gasteiger partial charge in [-0.05, 0) is 18.1 Å². The lowest BCUT2D eigenvalue weighted by atomic mass is 9.99. The van der Waals surface area contributed by atoms with Gasteiger partial charge in [-0.2, -0.15) is 5.10 Å². The Balaban J connectivity index is 2.05. The van der Waals surface area contributed by atoms with Crippen molar-refractivity contribution in [3.8, 4) is 11.3 Å². The van der Waals surface area contributed by atoms with Gasteiger partial charge in [-0.25, -0.2) is 0 Å². The third kappa shape index (κ3) is 3.21. The van der Waals surface area contributed by atoms with Gasteiger partial charge in [0.1, 0.15) is 0 Å². The van der Waals surface area contributed by atoms with E-state index >= 15 is 0 Å². The van der Waals surface area contributed by atoms with Crippen molar-refractivity contribution in [1.29, 1.82) is 0 Å². The maximum Gasteiger partial charge on any atom is 0.242 e. The summed E-state index contributed by atoms with van der Waals surface area (Å²) in [5.74, 6) is 0.390. The molecule has 0 aliphatic heterocycles. The van der Waals surface area contributed by atoms with Crippen LogP contribution in [0.3, 0.4) is 0 Å². The maximum atomic E-state index is 12.0. The van der Waals surface area contributed by atoms with Gasteiger partial charge < -0.3 is 11.1 Å². The molecule has 0 saturated carbocycles. The number of aromatic amines is 1. The Bertz CT molecular complexity index is 566. The second-order valence-electron chi connectivity index (χ2n) is 4.80. The highest BCUT2D eigenvalue weighted by Crippen LogP contribution is 2.18. The number of rotatable bonds is 5. The minimum absolute atomic E-state index is 0.133. The maximum absolute atomic E-state index is 12.0. The van der Waals surface area contributed by atoms with Gasteiger partial charge >= 0.3 is 0 Å². The number of H-pyrrole nitrogens is 1. The number of nitrogens with zero attached hydrogens (tertiary/aromatic N) is 2. The first-order valence-corrected chi connectivity index (χ1v) is 6.64. The molecule has 6 heteroatoms. The molecule has 2 atom stereocenters. The largest absolute Gasteiger partial charge is 0.320 e. The van der Waals surface area contributed by atoms with Gasteiger partial charge in [-0.15, -0.1) is 0 Å². The van der Waals surface area contributed by atoms with Crippen LogP contribution in [0.1, 0.15) is 20.3 Å². The predicted molar refractivity (Wildman–Crippen MR) is 77.9 cm³/mol. The van der Waals surface area contributed by atoms with E-state index in [0.29, 0.717) is 5.82 Å². The van der Waals surface area contributed by atoms with Crippen molar-refractivity contribution in [3.05, 3.63) is 30.6 Å². The third-order valence-corrected chi connectivity index (χ3v) is 3.38. The monoisotopic (exact) mass is 273 g/mol. The molecule has 0 radical (unpaired) electrons. The van der Waals surface area contributed by atoms with Crippen molar-refractivity contribution in [3.63, 3.8) is 0 Å². The van der Waals surface area contributed by atoms with E-state index in [2.05, 4.69) is 20.5 Å². The van der Waals surface area contributed by atoms with E-state index in [-0.39, 0.29) is 11.8 Å². The number of nitrogens with two attached hydrogens (primary N) is 1. The molecule has 0 bridgehead atoms. The van der Waals surface area contributed by atoms with Crippen molar-refractivity contribution in [2.75, 3.05) is 5.32 Å². The average Bonchev–Trinajstić information content (AvgIpc) is 2.95. The predicted octanol–water partition coefficient (Wildman–Crippen LogP) is 1.78. The lowest BCUT2D eigenvalue weighted by Gasteiger charge is -2.16. The van der Waals surface area contributed by atoms with E-state index in [1.165, 1.54) is 0 Å². The first kappa shape index (κ1) is 14.2. The Morgan fingerprint density at radius 3 is 2.80 bits per heavy atom. The van der Waals surface area contributed by atoms with E-state index in [4.69, 9.17) is 5.73 Å². The zero-order valence-electron chi connectivity index (χ0n) is 11.6. The highest BCUT2D eigenvalue weighted by molar-refractivity contribution is 5.94. The van der Waals surface area contributed by atoms with E-state index < -0.39 is 6.04 Å². The number of pyridine rings is 1. The van der Waals surface area contributed by atoms with Crippen LogP contribution in [0.5, 0.6) is 0 Å². The third-order valence-electron chi connectivity index (χ3n) is 3.38. The number of hydrogen-bond acceptors (Lipinski definition) is 4. The SMILES string of the molecule is CCC(C)C(N)C(=O)Nc1cc(-c2ccncc2)[nH]n1. The summed E-state index contributed by atoms with van der Waals surface area (Å²) >= 11 is 0. The number of anilines is 1. The van der Waals surface area contributed by atoms with Crippen LogP contribution in [0.4, 0.5) is 5.82 Å². The summed E-state index contributed by atoms with van der Waals surface area (Å²) in [6.07, 6.45) is 4.26. The fraction of sp³-hybridized carbons (Fsp3) is 0.357. The topological polar surface area (TPSA) is 96.7 Å². The highest BCUT2D eigenvalue weighted by atomic mass is 16.2. The molecule has 0 saturated heterocycles. The summed E-state index contributed by atoms with van der Waals surface area (Å²) in [6, 6.07) is 4.98. The second-order valence-corrected chi connectivity index (χ2v) is 4.80. The molecule has 1 amide bonds. The Labute approximate surface area is 117 Å². The molecule has 2 unspecified atom stereocenters. The second kappa shape index (κ2) is 6.29. The van der Waals surface area contributed by atoms with Gasteiger partial charge in [0.2, 0.25) is 5.91 Å². The molecule has 4 N–H and O–H groups in total. The van der Waals surface area contributed by atoms with E-state index in [1.54, 1.807) is 18.5 Å². The van der Waals surface area contributed by atoms with Crippen molar-refractivity contribution in [2.45, 2.75) is 26.3 Å². The Morgan fingerprint density at radius 2 is 2.15 bits per heavy atom. The highest BCUT2D eigenvalue weighted by Gasteiger charge is 2.20. The molecule has 0 aromatic carbocycles. The van der Waals surface area contributed by atoms with E-state index in [9.17, 15) is 4.79 Å². The molecule has 0 fully saturated rings. The molecule has 0 spiro atoms. The van der Waals surface area contributed by atoms with Crippen molar-refractivity contribution in [1.82, 2.24) is 15.2 Å². The zero-order valence-corrected chi connectivity index (χ0v) is 11.6. The number of carbonyl (C=O) groups excluding carboxylic acids is 1. The van der Waals surface area contributed by atoms with Crippen LogP contribution in [0.15, 0.2) is 30.6 Å². The quantitative estimate of drug-likeness (QED) is 0.773. The van der Waals surface area contributed by atoms with Crippen molar-refractivity contribution < 1.29 is 4.79 Å². The smallest absolute Gasteiger partial charge is 0.242 e. The van der Waals surface area contributed by atoms with E-state index in [1.807, 2.05) is 26.0 Å². The fourth-order valence-electron chi connectivity index (χ4n) is 1.79. The average molecular weight is 273 g/mol. The van der Waals surface area contributed by atoms with Crippen molar-refractivity contribution in [2.24, 2.45) is 11.7 Å². The number of nitrogens with one attached hydrogen (secondary N) is 2. The summed E-state index contributed by atoms with van der Waals surface area (Å²) in [4.78, 5) is 15.9. The molecule has 2 rings (SSSR count). The molecular formula is C14H19N5O. The first-order chi connectivity index (χ1) is 9.61. The van der Waals surface area contributed by atoms with Crippen LogP contribution in [0, 0.1) is 5.92 Å². The molecule has 2 aromatic heterocycles. The van der Waals surface area contributed by atoms with Crippen LogP contribution in [0.2, 0.25) is 0 Å².